The second kappa shape index (κ2) is 8.52. The minimum atomic E-state index is -4.66. The van der Waals surface area contributed by atoms with Crippen molar-refractivity contribution in [1.29, 1.82) is 0 Å². The number of nitrogens with zero attached hydrogens (tertiary/aromatic N) is 3. The summed E-state index contributed by atoms with van der Waals surface area (Å²) in [6.45, 7) is 5.40. The van der Waals surface area contributed by atoms with Crippen molar-refractivity contribution in [2.24, 2.45) is 5.14 Å². The first kappa shape index (κ1) is 23.1. The third-order valence-electron chi connectivity index (χ3n) is 4.76. The number of aromatic nitrogens is 2. The van der Waals surface area contributed by atoms with Crippen LogP contribution in [0.5, 0.6) is 0 Å². The Labute approximate surface area is 183 Å². The van der Waals surface area contributed by atoms with Crippen molar-refractivity contribution >= 4 is 27.3 Å². The Hall–Kier alpha value is -2.56. The first-order chi connectivity index (χ1) is 14.5. The standard InChI is InChI=1S/C20H20ClF3N4O2S/c1-3-27(4-2)17-10-5-13(11-16(17)21)18-12-19(20(22,23)24)26-28(18)14-6-8-15(9-7-14)31(25,29)30/h5-12H,3-4H2,1-2H3,(H2,25,29,30). The molecule has 6 nitrogen and oxygen atoms in total. The fourth-order valence-corrected chi connectivity index (χ4v) is 4.00. The largest absolute Gasteiger partial charge is 0.435 e. The zero-order valence-corrected chi connectivity index (χ0v) is 18.3. The van der Waals surface area contributed by atoms with Gasteiger partial charge in [-0.15, -0.1) is 0 Å². The topological polar surface area (TPSA) is 81.2 Å². The molecule has 0 fully saturated rings. The molecule has 0 amide bonds. The van der Waals surface area contributed by atoms with E-state index in [0.29, 0.717) is 10.6 Å². The Morgan fingerprint density at radius 3 is 2.16 bits per heavy atom. The highest BCUT2D eigenvalue weighted by Gasteiger charge is 2.35. The molecule has 0 aliphatic carbocycles. The molecule has 1 heterocycles. The molecule has 0 unspecified atom stereocenters. The van der Waals surface area contributed by atoms with Gasteiger partial charge in [0.1, 0.15) is 0 Å². The van der Waals surface area contributed by atoms with E-state index in [9.17, 15) is 21.6 Å². The van der Waals surface area contributed by atoms with Crippen molar-refractivity contribution < 1.29 is 21.6 Å². The summed E-state index contributed by atoms with van der Waals surface area (Å²) in [5.41, 5.74) is 0.516. The second-order valence-electron chi connectivity index (χ2n) is 6.70. The van der Waals surface area contributed by atoms with E-state index in [2.05, 4.69) is 5.10 Å². The summed E-state index contributed by atoms with van der Waals surface area (Å²) in [5, 5.41) is 9.18. The predicted octanol–water partition coefficient (Wildman–Crippen LogP) is 4.71. The van der Waals surface area contributed by atoms with Gasteiger partial charge in [-0.1, -0.05) is 17.7 Å². The quantitative estimate of drug-likeness (QED) is 0.563. The van der Waals surface area contributed by atoms with E-state index < -0.39 is 21.9 Å². The van der Waals surface area contributed by atoms with Gasteiger partial charge in [-0.3, -0.25) is 0 Å². The van der Waals surface area contributed by atoms with Crippen LogP contribution in [0.25, 0.3) is 16.9 Å². The van der Waals surface area contributed by atoms with Crippen LogP contribution in [0.1, 0.15) is 19.5 Å². The van der Waals surface area contributed by atoms with Gasteiger partial charge in [0.05, 0.1) is 27.0 Å². The van der Waals surface area contributed by atoms with Gasteiger partial charge in [0.25, 0.3) is 0 Å². The van der Waals surface area contributed by atoms with Crippen molar-refractivity contribution in [2.75, 3.05) is 18.0 Å². The number of nitrogens with two attached hydrogens (primary N) is 1. The molecular weight excluding hydrogens is 453 g/mol. The van der Waals surface area contributed by atoms with E-state index in [0.717, 1.165) is 29.5 Å². The maximum atomic E-state index is 13.4. The maximum absolute atomic E-state index is 13.4. The SMILES string of the molecule is CCN(CC)c1ccc(-c2cc(C(F)(F)F)nn2-c2ccc(S(N)(=O)=O)cc2)cc1Cl. The van der Waals surface area contributed by atoms with Crippen molar-refractivity contribution in [1.82, 2.24) is 9.78 Å². The van der Waals surface area contributed by atoms with Crippen LogP contribution in [-0.4, -0.2) is 31.3 Å². The van der Waals surface area contributed by atoms with Gasteiger partial charge < -0.3 is 4.90 Å². The molecule has 166 valence electrons. The lowest BCUT2D eigenvalue weighted by atomic mass is 10.1. The van der Waals surface area contributed by atoms with Crippen LogP contribution < -0.4 is 10.0 Å². The van der Waals surface area contributed by atoms with Gasteiger partial charge in [-0.05, 0) is 56.3 Å². The van der Waals surface area contributed by atoms with Crippen molar-refractivity contribution in [3.8, 4) is 16.9 Å². The van der Waals surface area contributed by atoms with Crippen LogP contribution in [-0.2, 0) is 16.2 Å². The van der Waals surface area contributed by atoms with Crippen molar-refractivity contribution in [3.63, 3.8) is 0 Å². The number of halogens is 4. The molecule has 1 aromatic heterocycles. The Morgan fingerprint density at radius 2 is 1.68 bits per heavy atom. The molecule has 0 aliphatic rings. The Bertz CT molecular complexity index is 1190. The Balaban J connectivity index is 2.14. The molecule has 0 radical (unpaired) electrons. The first-order valence-electron chi connectivity index (χ1n) is 9.31. The summed E-state index contributed by atoms with van der Waals surface area (Å²) in [5.74, 6) is 0. The average Bonchev–Trinajstić information content (AvgIpc) is 3.15. The zero-order valence-electron chi connectivity index (χ0n) is 16.7. The lowest BCUT2D eigenvalue weighted by Crippen LogP contribution is -2.22. The molecule has 2 N–H and O–H groups in total. The molecule has 0 saturated heterocycles. The summed E-state index contributed by atoms with van der Waals surface area (Å²) in [7, 11) is -3.94. The van der Waals surface area contributed by atoms with Crippen LogP contribution in [0.2, 0.25) is 5.02 Å². The Morgan fingerprint density at radius 1 is 1.06 bits per heavy atom. The zero-order chi connectivity index (χ0) is 23.0. The number of hydrogen-bond donors (Lipinski definition) is 1. The minimum Gasteiger partial charge on any atom is -0.371 e. The number of primary sulfonamides is 1. The predicted molar refractivity (Wildman–Crippen MR) is 114 cm³/mol. The van der Waals surface area contributed by atoms with Gasteiger partial charge in [0.2, 0.25) is 10.0 Å². The summed E-state index contributed by atoms with van der Waals surface area (Å²) in [6, 6.07) is 11.0. The van der Waals surface area contributed by atoms with E-state index in [1.54, 1.807) is 18.2 Å². The number of anilines is 1. The number of sulfonamides is 1. The number of alkyl halides is 3. The summed E-state index contributed by atoms with van der Waals surface area (Å²) in [4.78, 5) is 1.86. The summed E-state index contributed by atoms with van der Waals surface area (Å²) < 4.78 is 64.1. The second-order valence-corrected chi connectivity index (χ2v) is 8.67. The molecule has 3 aromatic rings. The van der Waals surface area contributed by atoms with Crippen LogP contribution in [0, 0.1) is 0 Å². The molecule has 0 atom stereocenters. The van der Waals surface area contributed by atoms with Crippen LogP contribution in [0.4, 0.5) is 18.9 Å². The molecule has 0 bridgehead atoms. The van der Waals surface area contributed by atoms with Gasteiger partial charge in [0.15, 0.2) is 5.69 Å². The molecule has 3 rings (SSSR count). The summed E-state index contributed by atoms with van der Waals surface area (Å²) in [6.07, 6.45) is -4.66. The molecule has 0 spiro atoms. The molecule has 0 aliphatic heterocycles. The van der Waals surface area contributed by atoms with E-state index in [1.807, 2.05) is 18.7 Å². The van der Waals surface area contributed by atoms with Gasteiger partial charge in [0, 0.05) is 18.7 Å². The highest BCUT2D eigenvalue weighted by atomic mass is 35.5. The fraction of sp³-hybridized carbons (Fsp3) is 0.250. The average molecular weight is 473 g/mol. The molecule has 2 aromatic carbocycles. The van der Waals surface area contributed by atoms with Crippen LogP contribution in [0.15, 0.2) is 53.4 Å². The molecule has 31 heavy (non-hydrogen) atoms. The number of rotatable bonds is 6. The minimum absolute atomic E-state index is 0.156. The lowest BCUT2D eigenvalue weighted by molar-refractivity contribution is -0.141. The highest BCUT2D eigenvalue weighted by molar-refractivity contribution is 7.89. The fourth-order valence-electron chi connectivity index (χ4n) is 3.19. The van der Waals surface area contributed by atoms with Gasteiger partial charge in [-0.2, -0.15) is 18.3 Å². The monoisotopic (exact) mass is 472 g/mol. The van der Waals surface area contributed by atoms with E-state index >= 15 is 0 Å². The highest BCUT2D eigenvalue weighted by Crippen LogP contribution is 2.36. The molecule has 11 heteroatoms. The maximum Gasteiger partial charge on any atom is 0.435 e. The smallest absolute Gasteiger partial charge is 0.371 e. The summed E-state index contributed by atoms with van der Waals surface area (Å²) >= 11 is 6.42. The third kappa shape index (κ3) is 4.86. The van der Waals surface area contributed by atoms with E-state index in [-0.39, 0.29) is 16.3 Å². The van der Waals surface area contributed by atoms with Crippen LogP contribution in [0.3, 0.4) is 0 Å². The number of hydrogen-bond acceptors (Lipinski definition) is 4. The molecule has 0 saturated carbocycles. The first-order valence-corrected chi connectivity index (χ1v) is 11.2. The van der Waals surface area contributed by atoms with E-state index in [4.69, 9.17) is 16.7 Å². The third-order valence-corrected chi connectivity index (χ3v) is 5.99. The Kier molecular flexibility index (Phi) is 6.35. The molecular formula is C20H20ClF3N4O2S. The van der Waals surface area contributed by atoms with Crippen LogP contribution >= 0.6 is 11.6 Å². The van der Waals surface area contributed by atoms with E-state index in [1.165, 1.54) is 24.3 Å². The van der Waals surface area contributed by atoms with Gasteiger partial charge >= 0.3 is 6.18 Å². The normalized spacial score (nSPS) is 12.2. The lowest BCUT2D eigenvalue weighted by Gasteiger charge is -2.22. The van der Waals surface area contributed by atoms with Crippen molar-refractivity contribution in [3.05, 3.63) is 59.2 Å². The van der Waals surface area contributed by atoms with Crippen molar-refractivity contribution in [2.45, 2.75) is 24.9 Å². The number of benzene rings is 2. The van der Waals surface area contributed by atoms with Gasteiger partial charge in [-0.25, -0.2) is 18.2 Å².